The van der Waals surface area contributed by atoms with Gasteiger partial charge in [0.15, 0.2) is 0 Å². The Bertz CT molecular complexity index is 1500. The van der Waals surface area contributed by atoms with Crippen LogP contribution in [0.3, 0.4) is 0 Å². The van der Waals surface area contributed by atoms with Crippen molar-refractivity contribution in [2.75, 3.05) is 0 Å². The number of hydrogen-bond donors (Lipinski definition) is 0. The van der Waals surface area contributed by atoms with Gasteiger partial charge < -0.3 is 9.11 Å². The van der Waals surface area contributed by atoms with E-state index in [1.807, 2.05) is 64.1 Å². The van der Waals surface area contributed by atoms with E-state index < -0.39 is 20.2 Å². The van der Waals surface area contributed by atoms with Crippen molar-refractivity contribution in [2.24, 2.45) is 0 Å². The minimum atomic E-state index is -4.45. The maximum atomic E-state index is 11.5. The third-order valence-corrected chi connectivity index (χ3v) is 8.30. The SMILES string of the molecule is CCc1cc2ccccc2c(S(=O)(=O)[O-])c1CC.CCc1cc2ccccc2c(S(=O)(=O)[O-])c1CC.[Mg+2]. The predicted octanol–water partition coefficient (Wildman–Crippen LogP) is 5.36. The molecular formula is C28H30MgO6S2. The van der Waals surface area contributed by atoms with Crippen LogP contribution < -0.4 is 0 Å². The van der Waals surface area contributed by atoms with Gasteiger partial charge in [0, 0.05) is 0 Å². The fourth-order valence-electron chi connectivity index (χ4n) is 4.80. The second-order valence-electron chi connectivity index (χ2n) is 8.45. The minimum absolute atomic E-state index is 0. The van der Waals surface area contributed by atoms with Gasteiger partial charge in [0.05, 0.1) is 9.79 Å². The molecule has 0 aliphatic heterocycles. The smallest absolute Gasteiger partial charge is 0.744 e. The maximum Gasteiger partial charge on any atom is 2.00 e. The number of hydrogen-bond acceptors (Lipinski definition) is 6. The second kappa shape index (κ2) is 12.7. The van der Waals surface area contributed by atoms with Gasteiger partial charge in [0.1, 0.15) is 20.2 Å². The van der Waals surface area contributed by atoms with Crippen molar-refractivity contribution in [3.63, 3.8) is 0 Å². The van der Waals surface area contributed by atoms with Crippen molar-refractivity contribution in [2.45, 2.75) is 63.2 Å². The standard InChI is InChI=1S/2C14H16O3S.Mg/c2*1-3-10-9-11-7-5-6-8-13(11)14(12(10)4-2)18(15,16)17;/h2*5-9H,3-4H2,1-2H3,(H,15,16,17);/q;;+2/p-2. The molecule has 192 valence electrons. The third-order valence-electron chi connectivity index (χ3n) is 6.36. The summed E-state index contributed by atoms with van der Waals surface area (Å²) in [4.78, 5) is -0.0834. The van der Waals surface area contributed by atoms with E-state index >= 15 is 0 Å². The number of fused-ring (bicyclic) bond motifs is 2. The molecule has 9 heteroatoms. The van der Waals surface area contributed by atoms with Crippen LogP contribution in [0.4, 0.5) is 0 Å². The van der Waals surface area contributed by atoms with E-state index in [0.29, 0.717) is 34.7 Å². The molecule has 0 fully saturated rings. The molecule has 0 N–H and O–H groups in total. The predicted molar refractivity (Wildman–Crippen MR) is 147 cm³/mol. The van der Waals surface area contributed by atoms with Gasteiger partial charge in [0.2, 0.25) is 0 Å². The Hall–Kier alpha value is -2.01. The molecule has 4 aromatic rings. The molecule has 0 heterocycles. The van der Waals surface area contributed by atoms with Gasteiger partial charge in [-0.25, -0.2) is 16.8 Å². The molecule has 4 aromatic carbocycles. The normalized spacial score (nSPS) is 11.6. The molecule has 0 aliphatic carbocycles. The van der Waals surface area contributed by atoms with Crippen molar-refractivity contribution in [3.8, 4) is 0 Å². The van der Waals surface area contributed by atoms with Gasteiger partial charge in [-0.3, -0.25) is 0 Å². The van der Waals surface area contributed by atoms with Crippen molar-refractivity contribution in [1.82, 2.24) is 0 Å². The van der Waals surface area contributed by atoms with E-state index in [9.17, 15) is 25.9 Å². The summed E-state index contributed by atoms with van der Waals surface area (Å²) in [6.45, 7) is 7.67. The Morgan fingerprint density at radius 3 is 1.16 bits per heavy atom. The van der Waals surface area contributed by atoms with E-state index in [4.69, 9.17) is 0 Å². The monoisotopic (exact) mass is 550 g/mol. The zero-order chi connectivity index (χ0) is 26.7. The Morgan fingerprint density at radius 1 is 0.568 bits per heavy atom. The molecule has 37 heavy (non-hydrogen) atoms. The fraction of sp³-hybridized carbons (Fsp3) is 0.286. The van der Waals surface area contributed by atoms with Crippen LogP contribution in [0.25, 0.3) is 21.5 Å². The molecular weight excluding hydrogens is 521 g/mol. The fourth-order valence-corrected chi connectivity index (χ4v) is 6.87. The Labute approximate surface area is 235 Å². The van der Waals surface area contributed by atoms with Gasteiger partial charge in [-0.1, -0.05) is 88.4 Å². The third kappa shape index (κ3) is 6.71. The molecule has 0 aliphatic rings. The zero-order valence-electron chi connectivity index (χ0n) is 21.6. The van der Waals surface area contributed by atoms with Crippen LogP contribution in [0.15, 0.2) is 70.5 Å². The van der Waals surface area contributed by atoms with Crippen LogP contribution in [-0.4, -0.2) is 49.0 Å². The molecule has 0 unspecified atom stereocenters. The van der Waals surface area contributed by atoms with E-state index in [-0.39, 0.29) is 32.8 Å². The van der Waals surface area contributed by atoms with Gasteiger partial charge >= 0.3 is 23.1 Å². The van der Waals surface area contributed by atoms with E-state index in [2.05, 4.69) is 0 Å². The van der Waals surface area contributed by atoms with Crippen LogP contribution >= 0.6 is 0 Å². The van der Waals surface area contributed by atoms with Crippen LogP contribution in [0, 0.1) is 0 Å². The summed E-state index contributed by atoms with van der Waals surface area (Å²) < 4.78 is 69.2. The van der Waals surface area contributed by atoms with Gasteiger partial charge in [-0.05, 0) is 69.5 Å². The largest absolute Gasteiger partial charge is 2.00 e. The zero-order valence-corrected chi connectivity index (χ0v) is 24.6. The quantitative estimate of drug-likeness (QED) is 0.236. The molecule has 0 spiro atoms. The molecule has 0 atom stereocenters. The van der Waals surface area contributed by atoms with E-state index in [0.717, 1.165) is 34.7 Å². The van der Waals surface area contributed by atoms with Gasteiger partial charge in [0.25, 0.3) is 0 Å². The molecule has 0 saturated carbocycles. The summed E-state index contributed by atoms with van der Waals surface area (Å²) in [6.07, 6.45) is 2.53. The average molecular weight is 551 g/mol. The number of aryl methyl sites for hydroxylation is 2. The average Bonchev–Trinajstić information content (AvgIpc) is 2.85. The van der Waals surface area contributed by atoms with Crippen LogP contribution in [0.1, 0.15) is 49.9 Å². The molecule has 6 nitrogen and oxygen atoms in total. The Balaban J connectivity index is 0.000000253. The summed E-state index contributed by atoms with van der Waals surface area (Å²) in [5.41, 5.74) is 3.19. The van der Waals surface area contributed by atoms with Crippen LogP contribution in [-0.2, 0) is 45.9 Å². The summed E-state index contributed by atoms with van der Waals surface area (Å²) in [6, 6.07) is 18.2. The molecule has 4 rings (SSSR count). The van der Waals surface area contributed by atoms with Crippen molar-refractivity contribution in [1.29, 1.82) is 0 Å². The molecule has 0 saturated heterocycles. The van der Waals surface area contributed by atoms with Crippen molar-refractivity contribution in [3.05, 3.63) is 82.9 Å². The second-order valence-corrected chi connectivity index (χ2v) is 11.1. The number of rotatable bonds is 6. The van der Waals surface area contributed by atoms with Gasteiger partial charge in [-0.2, -0.15) is 0 Å². The first-order chi connectivity index (χ1) is 17.0. The molecule has 0 amide bonds. The van der Waals surface area contributed by atoms with Crippen molar-refractivity contribution < 1.29 is 25.9 Å². The molecule has 0 aromatic heterocycles. The first kappa shape index (κ1) is 31.2. The minimum Gasteiger partial charge on any atom is -0.744 e. The Kier molecular flexibility index (Phi) is 10.7. The first-order valence-electron chi connectivity index (χ1n) is 12.0. The topological polar surface area (TPSA) is 114 Å². The maximum absolute atomic E-state index is 11.5. The first-order valence-corrected chi connectivity index (χ1v) is 14.8. The van der Waals surface area contributed by atoms with E-state index in [1.165, 1.54) is 0 Å². The summed E-state index contributed by atoms with van der Waals surface area (Å²) in [5.74, 6) is 0. The Morgan fingerprint density at radius 2 is 0.892 bits per heavy atom. The summed E-state index contributed by atoms with van der Waals surface area (Å²) in [7, 11) is -8.91. The van der Waals surface area contributed by atoms with Crippen LogP contribution in [0.5, 0.6) is 0 Å². The molecule has 0 bridgehead atoms. The molecule has 0 radical (unpaired) electrons. The van der Waals surface area contributed by atoms with Crippen LogP contribution in [0.2, 0.25) is 0 Å². The summed E-state index contributed by atoms with van der Waals surface area (Å²) in [5, 5.41) is 2.67. The summed E-state index contributed by atoms with van der Waals surface area (Å²) >= 11 is 0. The van der Waals surface area contributed by atoms with E-state index in [1.54, 1.807) is 24.3 Å². The number of benzene rings is 4. The van der Waals surface area contributed by atoms with Crippen molar-refractivity contribution >= 4 is 64.8 Å². The van der Waals surface area contributed by atoms with Gasteiger partial charge in [-0.15, -0.1) is 0 Å².